The Hall–Kier alpha value is -2.33. The van der Waals surface area contributed by atoms with Crippen molar-refractivity contribution in [3.05, 3.63) is 70.2 Å². The first-order valence-corrected chi connectivity index (χ1v) is 10.4. The molecule has 0 saturated heterocycles. The van der Waals surface area contributed by atoms with Gasteiger partial charge in [0.2, 0.25) is 11.8 Å². The zero-order chi connectivity index (χ0) is 21.6. The highest BCUT2D eigenvalue weighted by atomic mass is 35.5. The third-order valence-corrected chi connectivity index (χ3v) is 5.20. The highest BCUT2D eigenvalue weighted by Gasteiger charge is 2.28. The molecular weight excluding hydrogens is 384 g/mol. The van der Waals surface area contributed by atoms with Crippen LogP contribution in [-0.4, -0.2) is 28.3 Å². The van der Waals surface area contributed by atoms with E-state index in [1.54, 1.807) is 11.8 Å². The van der Waals surface area contributed by atoms with Crippen LogP contribution < -0.4 is 5.32 Å². The number of hydrogen-bond donors (Lipinski definition) is 1. The average Bonchev–Trinajstić information content (AvgIpc) is 2.64. The minimum absolute atomic E-state index is 0.0651. The van der Waals surface area contributed by atoms with E-state index in [9.17, 15) is 9.59 Å². The van der Waals surface area contributed by atoms with Gasteiger partial charge in [0.1, 0.15) is 6.04 Å². The van der Waals surface area contributed by atoms with Crippen molar-refractivity contribution >= 4 is 23.4 Å². The van der Waals surface area contributed by atoms with Gasteiger partial charge in [-0.15, -0.1) is 0 Å². The minimum atomic E-state index is -0.576. The molecule has 0 aliphatic heterocycles. The third-order valence-electron chi connectivity index (χ3n) is 4.83. The molecule has 2 amide bonds. The van der Waals surface area contributed by atoms with Crippen LogP contribution in [0.25, 0.3) is 0 Å². The summed E-state index contributed by atoms with van der Waals surface area (Å²) < 4.78 is 0. The SMILES string of the molecule is Cc1ccccc1CN(C(=O)CCc1ccccc1Cl)[C@@H](C)C(=O)NC(C)(C)C. The van der Waals surface area contributed by atoms with E-state index in [0.29, 0.717) is 24.4 Å². The Labute approximate surface area is 179 Å². The molecule has 0 unspecified atom stereocenters. The lowest BCUT2D eigenvalue weighted by atomic mass is 10.0. The average molecular weight is 415 g/mol. The maximum Gasteiger partial charge on any atom is 0.242 e. The van der Waals surface area contributed by atoms with Crippen molar-refractivity contribution in [2.75, 3.05) is 0 Å². The molecule has 2 rings (SSSR count). The van der Waals surface area contributed by atoms with E-state index in [-0.39, 0.29) is 17.4 Å². The molecule has 0 spiro atoms. The molecule has 4 nitrogen and oxygen atoms in total. The highest BCUT2D eigenvalue weighted by Crippen LogP contribution is 2.19. The molecule has 5 heteroatoms. The number of nitrogens with one attached hydrogen (secondary N) is 1. The molecule has 0 aliphatic carbocycles. The van der Waals surface area contributed by atoms with Crippen molar-refractivity contribution in [1.82, 2.24) is 10.2 Å². The van der Waals surface area contributed by atoms with Gasteiger partial charge >= 0.3 is 0 Å². The standard InChI is InChI=1S/C24H31ClN2O2/c1-17-10-6-7-12-20(17)16-27(18(2)23(29)26-24(3,4)5)22(28)15-14-19-11-8-9-13-21(19)25/h6-13,18H,14-16H2,1-5H3,(H,26,29)/t18-/m0/s1. The highest BCUT2D eigenvalue weighted by molar-refractivity contribution is 6.31. The predicted molar refractivity (Wildman–Crippen MR) is 119 cm³/mol. The van der Waals surface area contributed by atoms with Crippen molar-refractivity contribution in [2.45, 2.75) is 65.6 Å². The van der Waals surface area contributed by atoms with Crippen LogP contribution in [0.4, 0.5) is 0 Å². The monoisotopic (exact) mass is 414 g/mol. The fourth-order valence-corrected chi connectivity index (χ4v) is 3.34. The lowest BCUT2D eigenvalue weighted by Crippen LogP contribution is -2.52. The number of aryl methyl sites for hydroxylation is 2. The lowest BCUT2D eigenvalue weighted by Gasteiger charge is -2.32. The smallest absolute Gasteiger partial charge is 0.242 e. The number of rotatable bonds is 7. The van der Waals surface area contributed by atoms with Gasteiger partial charge in [-0.05, 0) is 63.8 Å². The van der Waals surface area contributed by atoms with E-state index in [1.807, 2.05) is 76.2 Å². The first-order valence-electron chi connectivity index (χ1n) is 9.98. The quantitative estimate of drug-likeness (QED) is 0.699. The van der Waals surface area contributed by atoms with Gasteiger partial charge in [0.25, 0.3) is 0 Å². The molecule has 0 aromatic heterocycles. The summed E-state index contributed by atoms with van der Waals surface area (Å²) in [4.78, 5) is 27.6. The van der Waals surface area contributed by atoms with Gasteiger partial charge in [0.05, 0.1) is 0 Å². The maximum absolute atomic E-state index is 13.2. The van der Waals surface area contributed by atoms with Crippen molar-refractivity contribution in [1.29, 1.82) is 0 Å². The summed E-state index contributed by atoms with van der Waals surface area (Å²) in [5, 5.41) is 3.64. The second-order valence-electron chi connectivity index (χ2n) is 8.45. The first kappa shape index (κ1) is 23.0. The Morgan fingerprint density at radius 2 is 1.62 bits per heavy atom. The molecule has 0 bridgehead atoms. The van der Waals surface area contributed by atoms with Crippen LogP contribution in [0.5, 0.6) is 0 Å². The molecule has 29 heavy (non-hydrogen) atoms. The summed E-state index contributed by atoms with van der Waals surface area (Å²) in [5.74, 6) is -0.220. The van der Waals surface area contributed by atoms with E-state index in [4.69, 9.17) is 11.6 Å². The second kappa shape index (κ2) is 9.93. The van der Waals surface area contributed by atoms with Crippen LogP contribution in [0, 0.1) is 6.92 Å². The van der Waals surface area contributed by atoms with E-state index in [0.717, 1.165) is 16.7 Å². The Morgan fingerprint density at radius 3 is 2.21 bits per heavy atom. The molecule has 1 atom stereocenters. The van der Waals surface area contributed by atoms with Crippen LogP contribution >= 0.6 is 11.6 Å². The molecule has 0 aliphatic rings. The molecule has 1 N–H and O–H groups in total. The Morgan fingerprint density at radius 1 is 1.03 bits per heavy atom. The van der Waals surface area contributed by atoms with Gasteiger partial charge in [0, 0.05) is 23.5 Å². The van der Waals surface area contributed by atoms with E-state index in [2.05, 4.69) is 5.32 Å². The van der Waals surface area contributed by atoms with Crippen LogP contribution in [0.15, 0.2) is 48.5 Å². The summed E-state index contributed by atoms with van der Waals surface area (Å²) >= 11 is 6.23. The first-order chi connectivity index (χ1) is 13.6. The summed E-state index contributed by atoms with van der Waals surface area (Å²) in [7, 11) is 0. The summed E-state index contributed by atoms with van der Waals surface area (Å²) in [6, 6.07) is 14.9. The number of amides is 2. The van der Waals surface area contributed by atoms with Gasteiger partial charge in [-0.25, -0.2) is 0 Å². The number of carbonyl (C=O) groups is 2. The summed E-state index contributed by atoms with van der Waals surface area (Å²) in [6.07, 6.45) is 0.832. The van der Waals surface area contributed by atoms with Crippen molar-refractivity contribution in [3.8, 4) is 0 Å². The van der Waals surface area contributed by atoms with E-state index >= 15 is 0 Å². The Balaban J connectivity index is 2.20. The maximum atomic E-state index is 13.2. The van der Waals surface area contributed by atoms with Crippen LogP contribution in [0.3, 0.4) is 0 Å². The number of nitrogens with zero attached hydrogens (tertiary/aromatic N) is 1. The van der Waals surface area contributed by atoms with Crippen molar-refractivity contribution in [2.24, 2.45) is 0 Å². The van der Waals surface area contributed by atoms with Gasteiger partial charge in [-0.2, -0.15) is 0 Å². The van der Waals surface area contributed by atoms with Crippen molar-refractivity contribution in [3.63, 3.8) is 0 Å². The molecule has 0 saturated carbocycles. The van der Waals surface area contributed by atoms with E-state index < -0.39 is 6.04 Å². The number of halogens is 1. The molecule has 0 fully saturated rings. The number of carbonyl (C=O) groups excluding carboxylic acids is 2. The molecule has 2 aromatic carbocycles. The zero-order valence-corrected chi connectivity index (χ0v) is 18.7. The molecular formula is C24H31ClN2O2. The van der Waals surface area contributed by atoms with E-state index in [1.165, 1.54) is 0 Å². The fourth-order valence-electron chi connectivity index (χ4n) is 3.11. The zero-order valence-electron chi connectivity index (χ0n) is 18.0. The van der Waals surface area contributed by atoms with Crippen LogP contribution in [0.2, 0.25) is 5.02 Å². The normalized spacial score (nSPS) is 12.3. The Kier molecular flexibility index (Phi) is 7.86. The van der Waals surface area contributed by atoms with Gasteiger partial charge < -0.3 is 10.2 Å². The lowest BCUT2D eigenvalue weighted by molar-refractivity contribution is -0.141. The van der Waals surface area contributed by atoms with Gasteiger partial charge in [-0.1, -0.05) is 54.1 Å². The van der Waals surface area contributed by atoms with Crippen LogP contribution in [0.1, 0.15) is 50.8 Å². The fraction of sp³-hybridized carbons (Fsp3) is 0.417. The summed E-state index contributed by atoms with van der Waals surface area (Å²) in [6.45, 7) is 9.99. The largest absolute Gasteiger partial charge is 0.350 e. The topological polar surface area (TPSA) is 49.4 Å². The van der Waals surface area contributed by atoms with Crippen LogP contribution in [-0.2, 0) is 22.6 Å². The molecule has 2 aromatic rings. The predicted octanol–water partition coefficient (Wildman–Crippen LogP) is 4.91. The van der Waals surface area contributed by atoms with Gasteiger partial charge in [-0.3, -0.25) is 9.59 Å². The van der Waals surface area contributed by atoms with Crippen molar-refractivity contribution < 1.29 is 9.59 Å². The second-order valence-corrected chi connectivity index (χ2v) is 8.86. The third kappa shape index (κ3) is 6.90. The molecule has 0 radical (unpaired) electrons. The number of benzene rings is 2. The number of hydrogen-bond acceptors (Lipinski definition) is 2. The molecule has 0 heterocycles. The van der Waals surface area contributed by atoms with Gasteiger partial charge in [0.15, 0.2) is 0 Å². The minimum Gasteiger partial charge on any atom is -0.350 e. The summed E-state index contributed by atoms with van der Waals surface area (Å²) in [5.41, 5.74) is 2.71. The Bertz CT molecular complexity index is 858. The molecule has 156 valence electrons.